The highest BCUT2D eigenvalue weighted by Crippen LogP contribution is 2.51. The molecule has 4 aromatic rings. The lowest BCUT2D eigenvalue weighted by Gasteiger charge is -2.32. The first-order valence-electron chi connectivity index (χ1n) is 11.0. The van der Waals surface area contributed by atoms with Crippen LogP contribution in [0.25, 0.3) is 11.8 Å². The van der Waals surface area contributed by atoms with E-state index in [0.717, 1.165) is 22.6 Å². The first kappa shape index (κ1) is 21.8. The van der Waals surface area contributed by atoms with E-state index in [0.29, 0.717) is 11.1 Å². The number of carbonyl (C=O) groups is 1. The average molecular weight is 462 g/mol. The van der Waals surface area contributed by atoms with Crippen molar-refractivity contribution in [3.05, 3.63) is 126 Å². The number of allylic oxidation sites excluding steroid dienone is 2. The fourth-order valence-corrected chi connectivity index (χ4v) is 5.02. The number of hydrogen-bond acceptors (Lipinski definition) is 4. The zero-order valence-corrected chi connectivity index (χ0v) is 19.5. The molecule has 0 aromatic heterocycles. The molecule has 0 atom stereocenters. The normalized spacial score (nSPS) is 13.3. The number of Topliss-reactive ketones (excluding diaryl/α,β-unsaturated/α-hetero) is 1. The number of anilines is 3. The summed E-state index contributed by atoms with van der Waals surface area (Å²) < 4.78 is 0. The highest BCUT2D eigenvalue weighted by molar-refractivity contribution is 7.99. The van der Waals surface area contributed by atoms with Gasteiger partial charge in [0.25, 0.3) is 0 Å². The molecule has 0 bridgehead atoms. The first-order chi connectivity index (χ1) is 16.6. The second-order valence-corrected chi connectivity index (χ2v) is 9.10. The van der Waals surface area contributed by atoms with Crippen molar-refractivity contribution in [3.8, 4) is 0 Å². The van der Waals surface area contributed by atoms with Gasteiger partial charge in [-0.2, -0.15) is 0 Å². The molecule has 166 valence electrons. The summed E-state index contributed by atoms with van der Waals surface area (Å²) in [5.41, 5.74) is 5.34. The summed E-state index contributed by atoms with van der Waals surface area (Å²) in [5, 5.41) is 10.5. The molecule has 0 unspecified atom stereocenters. The van der Waals surface area contributed by atoms with Crippen molar-refractivity contribution in [2.75, 3.05) is 4.90 Å². The smallest absolute Gasteiger partial charge is 0.159 e. The number of nitrogens with zero attached hydrogens (tertiary/aromatic N) is 1. The quantitative estimate of drug-likeness (QED) is 0.163. The predicted octanol–water partition coefficient (Wildman–Crippen LogP) is 8.19. The number of aliphatic hydroxyl groups excluding tert-OH is 1. The molecular weight excluding hydrogens is 438 g/mol. The van der Waals surface area contributed by atoms with Crippen LogP contribution < -0.4 is 4.90 Å². The van der Waals surface area contributed by atoms with Crippen LogP contribution in [0, 0.1) is 0 Å². The van der Waals surface area contributed by atoms with Crippen LogP contribution in [-0.4, -0.2) is 10.9 Å². The molecule has 3 nitrogen and oxygen atoms in total. The Morgan fingerprint density at radius 3 is 1.91 bits per heavy atom. The fourth-order valence-electron chi connectivity index (χ4n) is 3.97. The number of aliphatic hydroxyl groups is 1. The van der Waals surface area contributed by atoms with Crippen LogP contribution in [0.2, 0.25) is 0 Å². The summed E-state index contributed by atoms with van der Waals surface area (Å²) in [4.78, 5) is 17.0. The molecule has 0 saturated carbocycles. The summed E-state index contributed by atoms with van der Waals surface area (Å²) in [7, 11) is 0. The third-order valence-electron chi connectivity index (χ3n) is 5.67. The highest BCUT2D eigenvalue weighted by atomic mass is 32.2. The molecule has 0 fully saturated rings. The molecule has 5 rings (SSSR count). The van der Waals surface area contributed by atoms with Crippen molar-refractivity contribution in [2.45, 2.75) is 16.7 Å². The van der Waals surface area contributed by atoms with E-state index in [1.807, 2.05) is 42.5 Å². The molecule has 0 spiro atoms. The van der Waals surface area contributed by atoms with Crippen LogP contribution in [0.1, 0.15) is 18.1 Å². The van der Waals surface area contributed by atoms with Gasteiger partial charge in [0.05, 0.1) is 11.4 Å². The first-order valence-corrected chi connectivity index (χ1v) is 11.9. The standard InChI is InChI=1S/C30H23NO2S/c1-21(32)24(20-28(33)23-9-3-2-4-10-23)19-22-15-17-25(18-16-22)31-26-11-5-7-13-29(26)34-30-14-8-6-12-27(30)31/h2-20,33H,1H3/b24-19-,28-20+. The minimum atomic E-state index is -0.109. The Morgan fingerprint density at radius 1 is 0.765 bits per heavy atom. The lowest BCUT2D eigenvalue weighted by molar-refractivity contribution is -0.113. The third-order valence-corrected chi connectivity index (χ3v) is 6.80. The van der Waals surface area contributed by atoms with Crippen LogP contribution in [-0.2, 0) is 4.79 Å². The van der Waals surface area contributed by atoms with Crippen molar-refractivity contribution in [1.82, 2.24) is 0 Å². The van der Waals surface area contributed by atoms with Gasteiger partial charge >= 0.3 is 0 Å². The summed E-state index contributed by atoms with van der Waals surface area (Å²) in [5.74, 6) is -0.0415. The second-order valence-electron chi connectivity index (χ2n) is 8.02. The van der Waals surface area contributed by atoms with Crippen molar-refractivity contribution in [2.24, 2.45) is 0 Å². The largest absolute Gasteiger partial charge is 0.507 e. The maximum Gasteiger partial charge on any atom is 0.159 e. The van der Waals surface area contributed by atoms with E-state index in [1.165, 1.54) is 22.8 Å². The van der Waals surface area contributed by atoms with E-state index in [-0.39, 0.29) is 11.5 Å². The molecule has 4 heteroatoms. The van der Waals surface area contributed by atoms with Gasteiger partial charge in [0.2, 0.25) is 0 Å². The number of benzene rings is 4. The number of fused-ring (bicyclic) bond motifs is 2. The summed E-state index contributed by atoms with van der Waals surface area (Å²) in [6, 6.07) is 34.1. The second kappa shape index (κ2) is 9.46. The highest BCUT2D eigenvalue weighted by Gasteiger charge is 2.23. The Bertz CT molecular complexity index is 1360. The van der Waals surface area contributed by atoms with Gasteiger partial charge < -0.3 is 10.0 Å². The Balaban J connectivity index is 1.50. The number of ketones is 1. The molecule has 0 saturated heterocycles. The van der Waals surface area contributed by atoms with E-state index in [1.54, 1.807) is 17.8 Å². The zero-order chi connectivity index (χ0) is 23.5. The number of rotatable bonds is 5. The number of para-hydroxylation sites is 2. The molecule has 0 aliphatic carbocycles. The van der Waals surface area contributed by atoms with Gasteiger partial charge in [-0.25, -0.2) is 0 Å². The van der Waals surface area contributed by atoms with E-state index in [4.69, 9.17) is 0 Å². The van der Waals surface area contributed by atoms with Crippen molar-refractivity contribution < 1.29 is 9.90 Å². The lowest BCUT2D eigenvalue weighted by atomic mass is 10.0. The molecule has 4 aromatic carbocycles. The molecule has 0 radical (unpaired) electrons. The van der Waals surface area contributed by atoms with Gasteiger partial charge in [0.1, 0.15) is 5.76 Å². The van der Waals surface area contributed by atoms with Crippen molar-refractivity contribution >= 4 is 46.4 Å². The summed E-state index contributed by atoms with van der Waals surface area (Å²) in [6.07, 6.45) is 3.33. The molecular formula is C30H23NO2S. The van der Waals surface area contributed by atoms with Gasteiger partial charge in [0.15, 0.2) is 5.78 Å². The third kappa shape index (κ3) is 4.41. The van der Waals surface area contributed by atoms with Gasteiger partial charge in [-0.3, -0.25) is 4.79 Å². The maximum atomic E-state index is 12.3. The molecule has 1 N–H and O–H groups in total. The van der Waals surface area contributed by atoms with E-state index in [2.05, 4.69) is 65.6 Å². The van der Waals surface area contributed by atoms with Gasteiger partial charge in [-0.15, -0.1) is 0 Å². The van der Waals surface area contributed by atoms with E-state index in [9.17, 15) is 9.90 Å². The molecule has 1 aliphatic rings. The molecule has 0 amide bonds. The fraction of sp³-hybridized carbons (Fsp3) is 0.0333. The minimum absolute atomic E-state index is 0.0673. The Kier molecular flexibility index (Phi) is 6.07. The topological polar surface area (TPSA) is 40.5 Å². The van der Waals surface area contributed by atoms with Crippen LogP contribution in [0.4, 0.5) is 17.1 Å². The average Bonchev–Trinajstić information content (AvgIpc) is 2.88. The molecule has 1 aliphatic heterocycles. The van der Waals surface area contributed by atoms with Gasteiger partial charge in [0, 0.05) is 26.6 Å². The Labute approximate surface area is 203 Å². The number of carbonyl (C=O) groups excluding carboxylic acids is 1. The SMILES string of the molecule is CC(=O)C(=C\c1ccc(N2c3ccccc3Sc3ccccc32)cc1)/C=C(/O)c1ccccc1. The maximum absolute atomic E-state index is 12.3. The van der Waals surface area contributed by atoms with Crippen LogP contribution >= 0.6 is 11.8 Å². The van der Waals surface area contributed by atoms with E-state index >= 15 is 0 Å². The predicted molar refractivity (Wildman–Crippen MR) is 141 cm³/mol. The molecule has 1 heterocycles. The molecule has 34 heavy (non-hydrogen) atoms. The van der Waals surface area contributed by atoms with E-state index < -0.39 is 0 Å². The monoisotopic (exact) mass is 461 g/mol. The Morgan fingerprint density at radius 2 is 1.32 bits per heavy atom. The van der Waals surface area contributed by atoms with Crippen LogP contribution in [0.5, 0.6) is 0 Å². The Hall–Kier alpha value is -4.02. The van der Waals surface area contributed by atoms with Gasteiger partial charge in [-0.05, 0) is 61.0 Å². The van der Waals surface area contributed by atoms with Crippen molar-refractivity contribution in [1.29, 1.82) is 0 Å². The summed E-state index contributed by atoms with van der Waals surface area (Å²) >= 11 is 1.78. The zero-order valence-electron chi connectivity index (χ0n) is 18.7. The van der Waals surface area contributed by atoms with Gasteiger partial charge in [-0.1, -0.05) is 78.5 Å². The lowest BCUT2D eigenvalue weighted by Crippen LogP contribution is -2.14. The minimum Gasteiger partial charge on any atom is -0.507 e. The van der Waals surface area contributed by atoms with Crippen LogP contribution in [0.3, 0.4) is 0 Å². The van der Waals surface area contributed by atoms with Crippen molar-refractivity contribution in [3.63, 3.8) is 0 Å². The van der Waals surface area contributed by atoms with Crippen LogP contribution in [0.15, 0.2) is 125 Å². The number of hydrogen-bond donors (Lipinski definition) is 1. The summed E-state index contributed by atoms with van der Waals surface area (Å²) in [6.45, 7) is 1.51.